The number of carbonyl (C=O) groups is 1. The van der Waals surface area contributed by atoms with Crippen LogP contribution in [-0.4, -0.2) is 5.91 Å². The zero-order valence-electron chi connectivity index (χ0n) is 11.1. The molecule has 4 heteroatoms. The largest absolute Gasteiger partial charge is 0.399 e. The predicted octanol–water partition coefficient (Wildman–Crippen LogP) is 2.39. The van der Waals surface area contributed by atoms with Gasteiger partial charge in [0.2, 0.25) is 0 Å². The Balaban J connectivity index is 2.26. The van der Waals surface area contributed by atoms with Crippen molar-refractivity contribution in [2.24, 2.45) is 0 Å². The molecule has 4 nitrogen and oxygen atoms in total. The molecule has 0 bridgehead atoms. The van der Waals surface area contributed by atoms with E-state index in [1.54, 1.807) is 30.3 Å². The summed E-state index contributed by atoms with van der Waals surface area (Å²) in [4.78, 5) is 12.1. The van der Waals surface area contributed by atoms with Crippen molar-refractivity contribution in [1.82, 2.24) is 0 Å². The van der Waals surface area contributed by atoms with E-state index in [1.165, 1.54) is 0 Å². The molecule has 0 aromatic heterocycles. The minimum atomic E-state index is -0.282. The van der Waals surface area contributed by atoms with Crippen LogP contribution >= 0.6 is 0 Å². The summed E-state index contributed by atoms with van der Waals surface area (Å²) in [6, 6.07) is 10.1. The maximum Gasteiger partial charge on any atom is 0.255 e. The van der Waals surface area contributed by atoms with Gasteiger partial charge in [0.05, 0.1) is 0 Å². The smallest absolute Gasteiger partial charge is 0.255 e. The van der Waals surface area contributed by atoms with Gasteiger partial charge in [-0.05, 0) is 42.8 Å². The quantitative estimate of drug-likeness (QED) is 0.576. The first kappa shape index (κ1) is 13.5. The number of nitrogens with one attached hydrogen (secondary N) is 1. The van der Waals surface area contributed by atoms with Crippen molar-refractivity contribution in [3.63, 3.8) is 0 Å². The lowest BCUT2D eigenvalue weighted by molar-refractivity contribution is 0.102. The highest BCUT2D eigenvalue weighted by atomic mass is 16.1. The van der Waals surface area contributed by atoms with Gasteiger partial charge in [0.1, 0.15) is 0 Å². The molecule has 0 aliphatic rings. The minimum absolute atomic E-state index is 0.282. The van der Waals surface area contributed by atoms with E-state index in [4.69, 9.17) is 17.9 Å². The van der Waals surface area contributed by atoms with Crippen LogP contribution in [0.1, 0.15) is 21.5 Å². The number of amides is 1. The molecular weight excluding hydrogens is 250 g/mol. The predicted molar refractivity (Wildman–Crippen MR) is 82.3 cm³/mol. The number of nitrogens with two attached hydrogens (primary N) is 2. The number of rotatable bonds is 2. The van der Waals surface area contributed by atoms with Crippen molar-refractivity contribution in [2.75, 3.05) is 16.8 Å². The molecule has 20 heavy (non-hydrogen) atoms. The van der Waals surface area contributed by atoms with Crippen molar-refractivity contribution < 1.29 is 4.79 Å². The van der Waals surface area contributed by atoms with Gasteiger partial charge in [-0.25, -0.2) is 0 Å². The highest BCUT2D eigenvalue weighted by Gasteiger charge is 2.08. The van der Waals surface area contributed by atoms with Gasteiger partial charge in [-0.3, -0.25) is 4.79 Å². The first-order chi connectivity index (χ1) is 9.49. The Morgan fingerprint density at radius 3 is 2.40 bits per heavy atom. The number of anilines is 3. The molecule has 0 saturated heterocycles. The normalized spacial score (nSPS) is 9.80. The lowest BCUT2D eigenvalue weighted by Crippen LogP contribution is -2.13. The van der Waals surface area contributed by atoms with Gasteiger partial charge >= 0.3 is 0 Å². The number of aryl methyl sites for hydroxylation is 1. The second-order valence-corrected chi connectivity index (χ2v) is 4.52. The van der Waals surface area contributed by atoms with E-state index in [9.17, 15) is 4.79 Å². The van der Waals surface area contributed by atoms with Gasteiger partial charge in [0.25, 0.3) is 5.91 Å². The molecule has 2 aromatic rings. The third kappa shape index (κ3) is 2.90. The van der Waals surface area contributed by atoms with Crippen molar-refractivity contribution in [3.8, 4) is 12.3 Å². The standard InChI is InChI=1S/C16H15N3O/c1-3-11-8-15(5-4-10(11)2)19-16(20)12-6-13(17)9-14(18)7-12/h1,4-9H,17-18H2,2H3,(H,19,20). The lowest BCUT2D eigenvalue weighted by atomic mass is 10.1. The fraction of sp³-hybridized carbons (Fsp3) is 0.0625. The number of benzene rings is 2. The van der Waals surface area contributed by atoms with E-state index in [0.29, 0.717) is 22.6 Å². The molecule has 0 aliphatic carbocycles. The van der Waals surface area contributed by atoms with E-state index < -0.39 is 0 Å². The van der Waals surface area contributed by atoms with Gasteiger partial charge in [-0.2, -0.15) is 0 Å². The highest BCUT2D eigenvalue weighted by molar-refractivity contribution is 6.05. The van der Waals surface area contributed by atoms with Crippen LogP contribution in [0.4, 0.5) is 17.1 Å². The summed E-state index contributed by atoms with van der Waals surface area (Å²) >= 11 is 0. The van der Waals surface area contributed by atoms with E-state index in [1.807, 2.05) is 13.0 Å². The molecule has 2 aromatic carbocycles. The van der Waals surface area contributed by atoms with E-state index in [0.717, 1.165) is 11.1 Å². The molecular formula is C16H15N3O. The van der Waals surface area contributed by atoms with E-state index >= 15 is 0 Å². The number of hydrogen-bond donors (Lipinski definition) is 3. The van der Waals surface area contributed by atoms with Crippen LogP contribution in [0.5, 0.6) is 0 Å². The van der Waals surface area contributed by atoms with E-state index in [2.05, 4.69) is 11.2 Å². The van der Waals surface area contributed by atoms with Crippen LogP contribution in [0, 0.1) is 19.3 Å². The Kier molecular flexibility index (Phi) is 3.62. The summed E-state index contributed by atoms with van der Waals surface area (Å²) in [5.41, 5.74) is 15.0. The Morgan fingerprint density at radius 1 is 1.15 bits per heavy atom. The molecule has 5 N–H and O–H groups in total. The van der Waals surface area contributed by atoms with Crippen molar-refractivity contribution in [1.29, 1.82) is 0 Å². The van der Waals surface area contributed by atoms with Crippen molar-refractivity contribution in [3.05, 3.63) is 53.1 Å². The molecule has 2 rings (SSSR count). The Labute approximate surface area is 117 Å². The average Bonchev–Trinajstić information content (AvgIpc) is 2.39. The van der Waals surface area contributed by atoms with Gasteiger partial charge in [-0.15, -0.1) is 6.42 Å². The SMILES string of the molecule is C#Cc1cc(NC(=O)c2cc(N)cc(N)c2)ccc1C. The zero-order valence-corrected chi connectivity index (χ0v) is 11.1. The van der Waals surface area contributed by atoms with Crippen molar-refractivity contribution in [2.45, 2.75) is 6.92 Å². The lowest BCUT2D eigenvalue weighted by Gasteiger charge is -2.08. The molecule has 1 amide bonds. The Morgan fingerprint density at radius 2 is 1.80 bits per heavy atom. The first-order valence-corrected chi connectivity index (χ1v) is 6.04. The van der Waals surface area contributed by atoms with Gasteiger partial charge in [-0.1, -0.05) is 12.0 Å². The summed E-state index contributed by atoms with van der Waals surface area (Å²) in [5.74, 6) is 2.29. The fourth-order valence-electron chi connectivity index (χ4n) is 1.87. The molecule has 0 spiro atoms. The second kappa shape index (κ2) is 5.37. The van der Waals surface area contributed by atoms with Crippen LogP contribution in [0.3, 0.4) is 0 Å². The molecule has 0 fully saturated rings. The van der Waals surface area contributed by atoms with Gasteiger partial charge in [0.15, 0.2) is 0 Å². The molecule has 0 unspecified atom stereocenters. The molecule has 0 atom stereocenters. The molecule has 0 saturated carbocycles. The van der Waals surface area contributed by atoms with E-state index in [-0.39, 0.29) is 5.91 Å². The molecule has 0 aliphatic heterocycles. The van der Waals surface area contributed by atoms with Crippen LogP contribution in [0.2, 0.25) is 0 Å². The average molecular weight is 265 g/mol. The fourth-order valence-corrected chi connectivity index (χ4v) is 1.87. The van der Waals surface area contributed by atoms with Gasteiger partial charge in [0, 0.05) is 28.2 Å². The number of hydrogen-bond acceptors (Lipinski definition) is 3. The topological polar surface area (TPSA) is 81.1 Å². The summed E-state index contributed by atoms with van der Waals surface area (Å²) in [7, 11) is 0. The maximum atomic E-state index is 12.1. The summed E-state index contributed by atoms with van der Waals surface area (Å²) in [6.45, 7) is 1.92. The van der Waals surface area contributed by atoms with Crippen LogP contribution in [-0.2, 0) is 0 Å². The monoisotopic (exact) mass is 265 g/mol. The number of carbonyl (C=O) groups excluding carboxylic acids is 1. The van der Waals surface area contributed by atoms with Crippen LogP contribution < -0.4 is 16.8 Å². The van der Waals surface area contributed by atoms with Crippen molar-refractivity contribution >= 4 is 23.0 Å². The number of terminal acetylenes is 1. The summed E-state index contributed by atoms with van der Waals surface area (Å²) in [5, 5.41) is 2.77. The summed E-state index contributed by atoms with van der Waals surface area (Å²) in [6.07, 6.45) is 5.41. The Hall–Kier alpha value is -2.93. The molecule has 100 valence electrons. The van der Waals surface area contributed by atoms with Crippen LogP contribution in [0.15, 0.2) is 36.4 Å². The first-order valence-electron chi connectivity index (χ1n) is 6.04. The third-order valence-corrected chi connectivity index (χ3v) is 2.89. The zero-order chi connectivity index (χ0) is 14.7. The van der Waals surface area contributed by atoms with Gasteiger partial charge < -0.3 is 16.8 Å². The minimum Gasteiger partial charge on any atom is -0.399 e. The molecule has 0 radical (unpaired) electrons. The number of nitrogen functional groups attached to an aromatic ring is 2. The third-order valence-electron chi connectivity index (χ3n) is 2.89. The van der Waals surface area contributed by atoms with Crippen LogP contribution in [0.25, 0.3) is 0 Å². The summed E-state index contributed by atoms with van der Waals surface area (Å²) < 4.78 is 0. The maximum absolute atomic E-state index is 12.1. The Bertz CT molecular complexity index is 694. The second-order valence-electron chi connectivity index (χ2n) is 4.52. The highest BCUT2D eigenvalue weighted by Crippen LogP contribution is 2.18. The molecule has 0 heterocycles.